The second kappa shape index (κ2) is 8.71. The first-order chi connectivity index (χ1) is 12.1. The zero-order valence-corrected chi connectivity index (χ0v) is 15.8. The Bertz CT molecular complexity index is 756. The molecule has 0 saturated heterocycles. The van der Waals surface area contributed by atoms with Crippen LogP contribution in [-0.2, 0) is 0 Å². The van der Waals surface area contributed by atoms with E-state index in [-0.39, 0.29) is 5.56 Å². The van der Waals surface area contributed by atoms with Crippen LogP contribution in [0.3, 0.4) is 0 Å². The molecule has 1 aromatic carbocycles. The van der Waals surface area contributed by atoms with E-state index in [1.54, 1.807) is 26.4 Å². The average molecular weight is 348 g/mol. The fraction of sp³-hybridized carbons (Fsp3) is 0.556. The molecule has 1 heterocycles. The van der Waals surface area contributed by atoms with E-state index in [0.29, 0.717) is 28.4 Å². The molecule has 0 saturated carbocycles. The summed E-state index contributed by atoms with van der Waals surface area (Å²) >= 11 is 0. The fourth-order valence-corrected chi connectivity index (χ4v) is 2.82. The maximum atomic E-state index is 12.5. The number of hydrogen-bond acceptors (Lipinski definition) is 6. The van der Waals surface area contributed by atoms with Crippen molar-refractivity contribution in [3.63, 3.8) is 0 Å². The zero-order chi connectivity index (χ0) is 18.4. The molecule has 0 aliphatic carbocycles. The van der Waals surface area contributed by atoms with Gasteiger partial charge in [0.25, 0.3) is 5.56 Å². The van der Waals surface area contributed by atoms with E-state index in [2.05, 4.69) is 40.5 Å². The Morgan fingerprint density at radius 1 is 1.00 bits per heavy atom. The van der Waals surface area contributed by atoms with Gasteiger partial charge in [-0.15, -0.1) is 0 Å². The van der Waals surface area contributed by atoms with Gasteiger partial charge in [0.1, 0.15) is 0 Å². The monoisotopic (exact) mass is 348 g/mol. The minimum absolute atomic E-state index is 0.178. The van der Waals surface area contributed by atoms with Crippen LogP contribution < -0.4 is 19.9 Å². The second-order valence-electron chi connectivity index (χ2n) is 5.72. The highest BCUT2D eigenvalue weighted by atomic mass is 16.5. The molecule has 0 aliphatic rings. The molecular weight excluding hydrogens is 320 g/mol. The van der Waals surface area contributed by atoms with Gasteiger partial charge >= 0.3 is 0 Å². The molecule has 0 amide bonds. The molecule has 25 heavy (non-hydrogen) atoms. The molecular formula is C18H28N4O3. The maximum absolute atomic E-state index is 12.5. The number of methoxy groups -OCH3 is 2. The van der Waals surface area contributed by atoms with Gasteiger partial charge < -0.3 is 19.3 Å². The van der Waals surface area contributed by atoms with E-state index in [4.69, 9.17) is 9.47 Å². The van der Waals surface area contributed by atoms with E-state index >= 15 is 0 Å². The van der Waals surface area contributed by atoms with Gasteiger partial charge in [0, 0.05) is 25.7 Å². The summed E-state index contributed by atoms with van der Waals surface area (Å²) in [6.07, 6.45) is 0. The Hall–Kier alpha value is -2.28. The van der Waals surface area contributed by atoms with Crippen LogP contribution in [0.15, 0.2) is 16.9 Å². The molecule has 2 aromatic rings. The van der Waals surface area contributed by atoms with Crippen molar-refractivity contribution >= 4 is 16.9 Å². The molecule has 0 fully saturated rings. The normalized spacial score (nSPS) is 11.1. The van der Waals surface area contributed by atoms with Gasteiger partial charge in [-0.3, -0.25) is 9.78 Å². The lowest BCUT2D eigenvalue weighted by Crippen LogP contribution is -2.36. The number of ether oxygens (including phenoxy) is 2. The zero-order valence-electron chi connectivity index (χ0n) is 15.8. The van der Waals surface area contributed by atoms with E-state index in [0.717, 1.165) is 32.7 Å². The van der Waals surface area contributed by atoms with Crippen molar-refractivity contribution in [1.29, 1.82) is 0 Å². The predicted molar refractivity (Wildman–Crippen MR) is 101 cm³/mol. The Morgan fingerprint density at radius 3 is 2.20 bits per heavy atom. The first-order valence-electron chi connectivity index (χ1n) is 8.71. The lowest BCUT2D eigenvalue weighted by molar-refractivity contribution is 0.309. The standard InChI is InChI=1S/C18H28N4O3/c1-6-21(7-2)9-10-22(8-3)18-19-14-12-16(25-5)15(24-4)11-13(14)17(23)20-18/h11-12H,6-10H2,1-5H3,(H,19,20,23). The molecule has 0 unspecified atom stereocenters. The smallest absolute Gasteiger partial charge is 0.260 e. The summed E-state index contributed by atoms with van der Waals surface area (Å²) in [5.41, 5.74) is 0.417. The lowest BCUT2D eigenvalue weighted by atomic mass is 10.2. The van der Waals surface area contributed by atoms with Crippen LogP contribution in [0, 0.1) is 0 Å². The quantitative estimate of drug-likeness (QED) is 0.748. The van der Waals surface area contributed by atoms with Crippen LogP contribution in [0.1, 0.15) is 20.8 Å². The highest BCUT2D eigenvalue weighted by Gasteiger charge is 2.14. The Labute approximate surface area is 148 Å². The van der Waals surface area contributed by atoms with Gasteiger partial charge in [-0.25, -0.2) is 4.98 Å². The summed E-state index contributed by atoms with van der Waals surface area (Å²) in [6.45, 7) is 10.9. The summed E-state index contributed by atoms with van der Waals surface area (Å²) in [5.74, 6) is 1.66. The number of aromatic amines is 1. The second-order valence-corrected chi connectivity index (χ2v) is 5.72. The molecule has 2 rings (SSSR count). The molecule has 0 aliphatic heterocycles. The van der Waals surface area contributed by atoms with Gasteiger partial charge in [0.05, 0.1) is 25.1 Å². The topological polar surface area (TPSA) is 70.7 Å². The molecule has 0 bridgehead atoms. The number of likely N-dealkylation sites (N-methyl/N-ethyl adjacent to an activating group) is 2. The van der Waals surface area contributed by atoms with Crippen LogP contribution in [0.4, 0.5) is 5.95 Å². The van der Waals surface area contributed by atoms with Crippen molar-refractivity contribution in [1.82, 2.24) is 14.9 Å². The van der Waals surface area contributed by atoms with Crippen molar-refractivity contribution < 1.29 is 9.47 Å². The molecule has 0 radical (unpaired) electrons. The van der Waals surface area contributed by atoms with Crippen molar-refractivity contribution in [3.8, 4) is 11.5 Å². The number of nitrogens with zero attached hydrogens (tertiary/aromatic N) is 3. The Morgan fingerprint density at radius 2 is 1.64 bits per heavy atom. The van der Waals surface area contributed by atoms with E-state index in [1.807, 2.05) is 0 Å². The summed E-state index contributed by atoms with van der Waals surface area (Å²) in [7, 11) is 3.12. The number of hydrogen-bond donors (Lipinski definition) is 1. The third-order valence-electron chi connectivity index (χ3n) is 4.46. The molecule has 1 aromatic heterocycles. The van der Waals surface area contributed by atoms with Crippen LogP contribution in [0.2, 0.25) is 0 Å². The van der Waals surface area contributed by atoms with E-state index < -0.39 is 0 Å². The number of H-pyrrole nitrogens is 1. The average Bonchev–Trinajstić information content (AvgIpc) is 2.64. The van der Waals surface area contributed by atoms with Crippen molar-refractivity contribution in [3.05, 3.63) is 22.5 Å². The number of benzene rings is 1. The van der Waals surface area contributed by atoms with Crippen molar-refractivity contribution in [2.45, 2.75) is 20.8 Å². The third-order valence-corrected chi connectivity index (χ3v) is 4.46. The van der Waals surface area contributed by atoms with E-state index in [9.17, 15) is 4.79 Å². The van der Waals surface area contributed by atoms with Crippen molar-refractivity contribution in [2.24, 2.45) is 0 Å². The highest BCUT2D eigenvalue weighted by Crippen LogP contribution is 2.30. The first kappa shape index (κ1) is 19.1. The fourth-order valence-electron chi connectivity index (χ4n) is 2.82. The molecule has 0 atom stereocenters. The number of aromatic nitrogens is 2. The van der Waals surface area contributed by atoms with Crippen LogP contribution in [0.25, 0.3) is 10.9 Å². The lowest BCUT2D eigenvalue weighted by Gasteiger charge is -2.25. The van der Waals surface area contributed by atoms with Crippen LogP contribution in [0.5, 0.6) is 11.5 Å². The largest absolute Gasteiger partial charge is 0.493 e. The Kier molecular flexibility index (Phi) is 6.64. The van der Waals surface area contributed by atoms with Gasteiger partial charge in [0.15, 0.2) is 11.5 Å². The maximum Gasteiger partial charge on any atom is 0.260 e. The van der Waals surface area contributed by atoms with Crippen molar-refractivity contribution in [2.75, 3.05) is 51.8 Å². The SMILES string of the molecule is CCN(CC)CCN(CC)c1nc2cc(OC)c(OC)cc2c(=O)[nH]1. The summed E-state index contributed by atoms with van der Waals surface area (Å²) in [6, 6.07) is 3.40. The molecule has 0 spiro atoms. The molecule has 7 nitrogen and oxygen atoms in total. The van der Waals surface area contributed by atoms with E-state index in [1.165, 1.54) is 0 Å². The minimum atomic E-state index is -0.178. The number of rotatable bonds is 9. The van der Waals surface area contributed by atoms with Crippen LogP contribution in [-0.4, -0.2) is 61.8 Å². The van der Waals surface area contributed by atoms with Gasteiger partial charge in [-0.2, -0.15) is 0 Å². The first-order valence-corrected chi connectivity index (χ1v) is 8.71. The summed E-state index contributed by atoms with van der Waals surface area (Å²) in [5, 5.41) is 0.487. The van der Waals surface area contributed by atoms with Gasteiger partial charge in [0.2, 0.25) is 5.95 Å². The Balaban J connectivity index is 2.39. The number of fused-ring (bicyclic) bond motifs is 1. The highest BCUT2D eigenvalue weighted by molar-refractivity contribution is 5.82. The molecule has 138 valence electrons. The predicted octanol–water partition coefficient (Wildman–Crippen LogP) is 2.11. The molecule has 7 heteroatoms. The van der Waals surface area contributed by atoms with Gasteiger partial charge in [-0.05, 0) is 26.1 Å². The number of nitrogens with one attached hydrogen (secondary N) is 1. The third kappa shape index (κ3) is 4.22. The molecule has 1 N–H and O–H groups in total. The van der Waals surface area contributed by atoms with Crippen LogP contribution >= 0.6 is 0 Å². The summed E-state index contributed by atoms with van der Waals surface area (Å²) < 4.78 is 10.6. The number of anilines is 1. The minimum Gasteiger partial charge on any atom is -0.493 e. The summed E-state index contributed by atoms with van der Waals surface area (Å²) in [4.78, 5) is 24.5. The van der Waals surface area contributed by atoms with Gasteiger partial charge in [-0.1, -0.05) is 13.8 Å².